The molecule has 0 bridgehead atoms. The Balaban J connectivity index is 1.08. The van der Waals surface area contributed by atoms with Gasteiger partial charge in [-0.15, -0.1) is 0 Å². The average Bonchev–Trinajstić information content (AvgIpc) is 3.43. The van der Waals surface area contributed by atoms with E-state index >= 15 is 0 Å². The zero-order valence-electron chi connectivity index (χ0n) is 35.2. The van der Waals surface area contributed by atoms with Crippen LogP contribution >= 0.6 is 0 Å². The summed E-state index contributed by atoms with van der Waals surface area (Å²) in [4.78, 5) is 13.3. The molecule has 5 saturated carbocycles. The number of fused-ring (bicyclic) bond motifs is 7. The number of carbonyl (C=O) groups excluding carboxylic acids is 1. The number of ether oxygens (including phenoxy) is 1. The number of aliphatic hydroxyl groups excluding tert-OH is 1. The maximum absolute atomic E-state index is 13.3. The van der Waals surface area contributed by atoms with Crippen LogP contribution in [0.2, 0.25) is 0 Å². The Morgan fingerprint density at radius 3 is 1.92 bits per heavy atom. The molecule has 0 aromatic rings. The van der Waals surface area contributed by atoms with Crippen LogP contribution < -0.4 is 0 Å². The van der Waals surface area contributed by atoms with Crippen LogP contribution in [0.4, 0.5) is 0 Å². The first-order valence-electron chi connectivity index (χ1n) is 22.7. The Morgan fingerprint density at radius 2 is 1.31 bits per heavy atom. The number of hydrogen-bond donors (Lipinski definition) is 1. The highest BCUT2D eigenvalue weighted by atomic mass is 16.5. The van der Waals surface area contributed by atoms with Gasteiger partial charge >= 0.3 is 5.97 Å². The predicted molar refractivity (Wildman–Crippen MR) is 215 cm³/mol. The van der Waals surface area contributed by atoms with E-state index in [9.17, 15) is 9.90 Å². The van der Waals surface area contributed by atoms with Gasteiger partial charge in [-0.1, -0.05) is 144 Å². The van der Waals surface area contributed by atoms with Gasteiger partial charge in [0, 0.05) is 5.41 Å². The van der Waals surface area contributed by atoms with Gasteiger partial charge in [0.25, 0.3) is 0 Å². The van der Waals surface area contributed by atoms with Crippen molar-refractivity contribution in [2.75, 3.05) is 0 Å². The molecule has 0 radical (unpaired) electrons. The van der Waals surface area contributed by atoms with Gasteiger partial charge in [0.05, 0.1) is 12.5 Å². The fourth-order valence-corrected chi connectivity index (χ4v) is 14.6. The zero-order valence-corrected chi connectivity index (χ0v) is 35.2. The van der Waals surface area contributed by atoms with E-state index in [2.05, 4.69) is 62.0 Å². The molecule has 51 heavy (non-hydrogen) atoms. The SMILES string of the molecule is C=C(C)[C@@H]1CC[C@]2(C)CC[C@]3(C)[C@H](CC[C@@H]4[C@@]5(C)CC[C@H](OC(=O)C[C@@H](O)CCCCCCCCCCCCCCC)C(C)(C)[C@@H]5CC[C@]43C)[C@@H]12. The van der Waals surface area contributed by atoms with Crippen molar-refractivity contribution in [2.45, 2.75) is 228 Å². The third-order valence-corrected chi connectivity index (χ3v) is 17.7. The fraction of sp³-hybridized carbons (Fsp3) is 0.938. The van der Waals surface area contributed by atoms with E-state index in [1.165, 1.54) is 128 Å². The minimum absolute atomic E-state index is 0.0481. The highest BCUT2D eigenvalue weighted by Gasteiger charge is 2.70. The minimum atomic E-state index is -0.574. The molecule has 3 nitrogen and oxygen atoms in total. The number of unbranched alkanes of at least 4 members (excludes halogenated alkanes) is 12. The van der Waals surface area contributed by atoms with E-state index < -0.39 is 6.10 Å². The molecule has 5 aliphatic carbocycles. The van der Waals surface area contributed by atoms with Crippen LogP contribution in [0.3, 0.4) is 0 Å². The quantitative estimate of drug-likeness (QED) is 0.0876. The van der Waals surface area contributed by atoms with Crippen LogP contribution in [0, 0.1) is 56.7 Å². The van der Waals surface area contributed by atoms with Crippen molar-refractivity contribution in [3.05, 3.63) is 12.2 Å². The summed E-state index contributed by atoms with van der Waals surface area (Å²) in [6.07, 6.45) is 30.4. The first kappa shape index (κ1) is 41.3. The Bertz CT molecular complexity index is 1160. The number of esters is 1. The highest BCUT2D eigenvalue weighted by molar-refractivity contribution is 5.70. The second kappa shape index (κ2) is 16.9. The summed E-state index contributed by atoms with van der Waals surface area (Å²) in [5.41, 5.74) is 2.93. The molecule has 5 fully saturated rings. The molecule has 0 aromatic heterocycles. The molecular formula is C48H84O3. The third-order valence-electron chi connectivity index (χ3n) is 17.7. The summed E-state index contributed by atoms with van der Waals surface area (Å²) in [5, 5.41) is 10.8. The predicted octanol–water partition coefficient (Wildman–Crippen LogP) is 13.8. The van der Waals surface area contributed by atoms with Crippen molar-refractivity contribution >= 4 is 5.97 Å². The monoisotopic (exact) mass is 709 g/mol. The topological polar surface area (TPSA) is 46.5 Å². The van der Waals surface area contributed by atoms with Crippen molar-refractivity contribution in [3.8, 4) is 0 Å². The number of allylic oxidation sites excluding steroid dienone is 1. The number of carbonyl (C=O) groups is 1. The standard InChI is InChI=1S/C48H84O3/c1-10-11-12-13-14-15-16-17-18-19-20-21-22-23-36(49)34-42(50)51-41-28-30-46(7)39(44(41,4)5)27-31-48(9)40(46)25-24-38-43-37(35(2)3)26-29-45(43,6)32-33-47(38,48)8/h36-41,43,49H,2,10-34H2,1,3-9H3/t36-,37-,38+,39-,40+,41-,43+,45+,46-,47+,48+/m0/s1. The van der Waals surface area contributed by atoms with Crippen LogP contribution in [0.5, 0.6) is 0 Å². The van der Waals surface area contributed by atoms with Crippen LogP contribution in [0.15, 0.2) is 12.2 Å². The number of rotatable bonds is 18. The summed E-state index contributed by atoms with van der Waals surface area (Å²) in [6, 6.07) is 0. The second-order valence-corrected chi connectivity index (χ2v) is 21.1. The van der Waals surface area contributed by atoms with Gasteiger partial charge in [-0.3, -0.25) is 4.79 Å². The van der Waals surface area contributed by atoms with Crippen molar-refractivity contribution in [1.82, 2.24) is 0 Å². The molecule has 0 unspecified atom stereocenters. The minimum Gasteiger partial charge on any atom is -0.462 e. The number of aliphatic hydroxyl groups is 1. The van der Waals surface area contributed by atoms with Gasteiger partial charge in [0.15, 0.2) is 0 Å². The lowest BCUT2D eigenvalue weighted by atomic mass is 9.32. The second-order valence-electron chi connectivity index (χ2n) is 21.1. The van der Waals surface area contributed by atoms with E-state index in [0.29, 0.717) is 28.1 Å². The molecule has 5 rings (SSSR count). The molecule has 3 heteroatoms. The smallest absolute Gasteiger partial charge is 0.308 e. The lowest BCUT2D eigenvalue weighted by molar-refractivity contribution is -0.249. The van der Waals surface area contributed by atoms with Gasteiger partial charge in [0.2, 0.25) is 0 Å². The molecule has 294 valence electrons. The summed E-state index contributed by atoms with van der Waals surface area (Å²) in [6.45, 7) is 24.7. The Kier molecular flexibility index (Phi) is 13.7. The lowest BCUT2D eigenvalue weighted by Crippen LogP contribution is -2.66. The van der Waals surface area contributed by atoms with Gasteiger partial charge in [-0.25, -0.2) is 0 Å². The van der Waals surface area contributed by atoms with Crippen molar-refractivity contribution in [3.63, 3.8) is 0 Å². The van der Waals surface area contributed by atoms with Crippen LogP contribution in [0.25, 0.3) is 0 Å². The van der Waals surface area contributed by atoms with Crippen LogP contribution in [-0.4, -0.2) is 23.3 Å². The maximum atomic E-state index is 13.3. The molecular weight excluding hydrogens is 625 g/mol. The van der Waals surface area contributed by atoms with Gasteiger partial charge in [-0.2, -0.15) is 0 Å². The molecule has 0 saturated heterocycles. The summed E-state index contributed by atoms with van der Waals surface area (Å²) < 4.78 is 6.34. The molecule has 1 N–H and O–H groups in total. The first-order valence-corrected chi connectivity index (χ1v) is 22.7. The Labute approximate surface area is 316 Å². The van der Waals surface area contributed by atoms with Crippen molar-refractivity contribution in [1.29, 1.82) is 0 Å². The molecule has 5 aliphatic rings. The molecule has 0 amide bonds. The van der Waals surface area contributed by atoms with E-state index in [4.69, 9.17) is 4.74 Å². The largest absolute Gasteiger partial charge is 0.462 e. The average molecular weight is 709 g/mol. The van der Waals surface area contributed by atoms with E-state index in [0.717, 1.165) is 49.9 Å². The van der Waals surface area contributed by atoms with Gasteiger partial charge in [0.1, 0.15) is 6.10 Å². The van der Waals surface area contributed by atoms with Crippen LogP contribution in [0.1, 0.15) is 216 Å². The fourth-order valence-electron chi connectivity index (χ4n) is 14.6. The Morgan fingerprint density at radius 1 is 0.706 bits per heavy atom. The van der Waals surface area contributed by atoms with Gasteiger partial charge in [-0.05, 0) is 129 Å². The molecule has 0 aliphatic heterocycles. The van der Waals surface area contributed by atoms with E-state index in [-0.39, 0.29) is 29.3 Å². The lowest BCUT2D eigenvalue weighted by Gasteiger charge is -2.73. The highest BCUT2D eigenvalue weighted by Crippen LogP contribution is 2.77. The molecule has 0 aromatic carbocycles. The summed E-state index contributed by atoms with van der Waals surface area (Å²) in [7, 11) is 0. The van der Waals surface area contributed by atoms with Crippen molar-refractivity contribution < 1.29 is 14.6 Å². The normalized spacial score (nSPS) is 40.4. The molecule has 11 atom stereocenters. The maximum Gasteiger partial charge on any atom is 0.308 e. The van der Waals surface area contributed by atoms with Gasteiger partial charge < -0.3 is 9.84 Å². The Hall–Kier alpha value is -0.830. The summed E-state index contributed by atoms with van der Waals surface area (Å²) in [5.74, 6) is 3.46. The van der Waals surface area contributed by atoms with E-state index in [1.54, 1.807) is 0 Å². The summed E-state index contributed by atoms with van der Waals surface area (Å²) >= 11 is 0. The van der Waals surface area contributed by atoms with Crippen molar-refractivity contribution in [2.24, 2.45) is 56.7 Å². The van der Waals surface area contributed by atoms with Crippen LogP contribution in [-0.2, 0) is 9.53 Å². The zero-order chi connectivity index (χ0) is 37.1. The molecule has 0 heterocycles. The third kappa shape index (κ3) is 8.25. The number of hydrogen-bond acceptors (Lipinski definition) is 3. The first-order chi connectivity index (χ1) is 24.1. The van der Waals surface area contributed by atoms with E-state index in [1.807, 2.05) is 0 Å². The molecule has 0 spiro atoms.